The zero-order valence-electron chi connectivity index (χ0n) is 11.0. The number of nitrogens with one attached hydrogen (secondary N) is 1. The SMILES string of the molecule is CC1CC(C)(C)CC1NCc1ccccc1F. The number of halogens is 1. The maximum Gasteiger partial charge on any atom is 0.127 e. The van der Waals surface area contributed by atoms with Gasteiger partial charge in [0.1, 0.15) is 5.82 Å². The Morgan fingerprint density at radius 2 is 2.00 bits per heavy atom. The van der Waals surface area contributed by atoms with Crippen LogP contribution in [0, 0.1) is 17.2 Å². The van der Waals surface area contributed by atoms with Gasteiger partial charge in [-0.2, -0.15) is 0 Å². The van der Waals surface area contributed by atoms with Crippen LogP contribution < -0.4 is 5.32 Å². The molecule has 2 unspecified atom stereocenters. The molecule has 0 aromatic heterocycles. The van der Waals surface area contributed by atoms with E-state index in [1.54, 1.807) is 6.07 Å². The van der Waals surface area contributed by atoms with E-state index >= 15 is 0 Å². The Bertz CT molecular complexity index is 386. The third kappa shape index (κ3) is 3.06. The molecule has 2 atom stereocenters. The fourth-order valence-electron chi connectivity index (χ4n) is 3.05. The van der Waals surface area contributed by atoms with Crippen LogP contribution in [0.3, 0.4) is 0 Å². The summed E-state index contributed by atoms with van der Waals surface area (Å²) in [7, 11) is 0. The lowest BCUT2D eigenvalue weighted by Gasteiger charge is -2.18. The zero-order chi connectivity index (χ0) is 12.5. The third-order valence-electron chi connectivity index (χ3n) is 3.85. The van der Waals surface area contributed by atoms with Crippen molar-refractivity contribution in [2.24, 2.45) is 11.3 Å². The first kappa shape index (κ1) is 12.6. The highest BCUT2D eigenvalue weighted by Crippen LogP contribution is 2.40. The van der Waals surface area contributed by atoms with Crippen molar-refractivity contribution >= 4 is 0 Å². The highest BCUT2D eigenvalue weighted by atomic mass is 19.1. The minimum atomic E-state index is -0.107. The van der Waals surface area contributed by atoms with E-state index in [0.29, 0.717) is 23.9 Å². The third-order valence-corrected chi connectivity index (χ3v) is 3.85. The molecule has 1 nitrogen and oxygen atoms in total. The van der Waals surface area contributed by atoms with Crippen LogP contribution in [0.1, 0.15) is 39.2 Å². The van der Waals surface area contributed by atoms with Gasteiger partial charge in [-0.25, -0.2) is 4.39 Å². The van der Waals surface area contributed by atoms with E-state index < -0.39 is 0 Å². The van der Waals surface area contributed by atoms with Crippen LogP contribution in [0.4, 0.5) is 4.39 Å². The number of hydrogen-bond donors (Lipinski definition) is 1. The van der Waals surface area contributed by atoms with Crippen molar-refractivity contribution in [2.75, 3.05) is 0 Å². The van der Waals surface area contributed by atoms with E-state index in [0.717, 1.165) is 5.56 Å². The molecule has 0 saturated heterocycles. The van der Waals surface area contributed by atoms with Crippen LogP contribution in [-0.2, 0) is 6.54 Å². The van der Waals surface area contributed by atoms with Gasteiger partial charge in [-0.3, -0.25) is 0 Å². The Morgan fingerprint density at radius 3 is 2.59 bits per heavy atom. The molecule has 1 aromatic rings. The van der Waals surface area contributed by atoms with Crippen LogP contribution in [0.25, 0.3) is 0 Å². The lowest BCUT2D eigenvalue weighted by Crippen LogP contribution is -2.31. The molecule has 2 rings (SSSR count). The molecule has 1 fully saturated rings. The normalized spacial score (nSPS) is 27.3. The molecule has 0 spiro atoms. The fourth-order valence-corrected chi connectivity index (χ4v) is 3.05. The molecule has 17 heavy (non-hydrogen) atoms. The first-order chi connectivity index (χ1) is 7.98. The molecule has 1 aromatic carbocycles. The molecule has 1 aliphatic rings. The van der Waals surface area contributed by atoms with Crippen molar-refractivity contribution in [2.45, 2.75) is 46.2 Å². The molecule has 1 saturated carbocycles. The monoisotopic (exact) mass is 235 g/mol. The first-order valence-electron chi connectivity index (χ1n) is 6.45. The Labute approximate surface area is 103 Å². The van der Waals surface area contributed by atoms with Crippen molar-refractivity contribution in [1.82, 2.24) is 5.32 Å². The Hall–Kier alpha value is -0.890. The topological polar surface area (TPSA) is 12.0 Å². The van der Waals surface area contributed by atoms with Gasteiger partial charge in [0.05, 0.1) is 0 Å². The van der Waals surface area contributed by atoms with Crippen molar-refractivity contribution in [1.29, 1.82) is 0 Å². The molecule has 2 heteroatoms. The van der Waals surface area contributed by atoms with Crippen LogP contribution in [0.15, 0.2) is 24.3 Å². The van der Waals surface area contributed by atoms with Gasteiger partial charge >= 0.3 is 0 Å². The summed E-state index contributed by atoms with van der Waals surface area (Å²) < 4.78 is 13.5. The summed E-state index contributed by atoms with van der Waals surface area (Å²) in [6.45, 7) is 7.55. The molecule has 0 amide bonds. The Balaban J connectivity index is 1.93. The van der Waals surface area contributed by atoms with Crippen molar-refractivity contribution in [3.8, 4) is 0 Å². The number of hydrogen-bond acceptors (Lipinski definition) is 1. The lowest BCUT2D eigenvalue weighted by atomic mass is 9.91. The van der Waals surface area contributed by atoms with Gasteiger partial charge in [0.2, 0.25) is 0 Å². The van der Waals surface area contributed by atoms with E-state index in [2.05, 4.69) is 26.1 Å². The first-order valence-corrected chi connectivity index (χ1v) is 6.45. The largest absolute Gasteiger partial charge is 0.310 e. The zero-order valence-corrected chi connectivity index (χ0v) is 11.0. The molecule has 0 heterocycles. The maximum atomic E-state index is 13.5. The summed E-state index contributed by atoms with van der Waals surface area (Å²) >= 11 is 0. The molecular weight excluding hydrogens is 213 g/mol. The predicted molar refractivity (Wildman–Crippen MR) is 69.2 cm³/mol. The van der Waals surface area contributed by atoms with Gasteiger partial charge in [0.15, 0.2) is 0 Å². The average Bonchev–Trinajstić information content (AvgIpc) is 2.51. The Kier molecular flexibility index (Phi) is 3.53. The molecular formula is C15H22FN. The van der Waals surface area contributed by atoms with Crippen molar-refractivity contribution in [3.05, 3.63) is 35.6 Å². The van der Waals surface area contributed by atoms with Crippen molar-refractivity contribution < 1.29 is 4.39 Å². The molecule has 0 aliphatic heterocycles. The van der Waals surface area contributed by atoms with E-state index in [1.165, 1.54) is 18.9 Å². The quantitative estimate of drug-likeness (QED) is 0.841. The van der Waals surface area contributed by atoms with Gasteiger partial charge < -0.3 is 5.32 Å². The van der Waals surface area contributed by atoms with Crippen LogP contribution in [-0.4, -0.2) is 6.04 Å². The van der Waals surface area contributed by atoms with E-state index in [4.69, 9.17) is 0 Å². The van der Waals surface area contributed by atoms with Crippen LogP contribution in [0.2, 0.25) is 0 Å². The summed E-state index contributed by atoms with van der Waals surface area (Å²) in [6, 6.07) is 7.53. The summed E-state index contributed by atoms with van der Waals surface area (Å²) in [5.41, 5.74) is 1.19. The molecule has 0 radical (unpaired) electrons. The average molecular weight is 235 g/mol. The van der Waals surface area contributed by atoms with E-state index in [9.17, 15) is 4.39 Å². The van der Waals surface area contributed by atoms with Gasteiger partial charge in [-0.1, -0.05) is 39.0 Å². The van der Waals surface area contributed by atoms with Gasteiger partial charge in [0, 0.05) is 18.2 Å². The summed E-state index contributed by atoms with van der Waals surface area (Å²) in [4.78, 5) is 0. The molecule has 1 N–H and O–H groups in total. The van der Waals surface area contributed by atoms with Crippen LogP contribution >= 0.6 is 0 Å². The standard InChI is InChI=1S/C15H22FN/c1-11-8-15(2,3)9-14(11)17-10-12-6-4-5-7-13(12)16/h4-7,11,14,17H,8-10H2,1-3H3. The predicted octanol–water partition coefficient (Wildman–Crippen LogP) is 3.74. The second kappa shape index (κ2) is 4.77. The van der Waals surface area contributed by atoms with Gasteiger partial charge in [-0.15, -0.1) is 0 Å². The minimum Gasteiger partial charge on any atom is -0.310 e. The highest BCUT2D eigenvalue weighted by molar-refractivity contribution is 5.17. The lowest BCUT2D eigenvalue weighted by molar-refractivity contribution is 0.361. The van der Waals surface area contributed by atoms with Gasteiger partial charge in [-0.05, 0) is 30.2 Å². The Morgan fingerprint density at radius 1 is 1.29 bits per heavy atom. The van der Waals surface area contributed by atoms with Crippen LogP contribution in [0.5, 0.6) is 0 Å². The van der Waals surface area contributed by atoms with E-state index in [-0.39, 0.29) is 5.82 Å². The van der Waals surface area contributed by atoms with Gasteiger partial charge in [0.25, 0.3) is 0 Å². The molecule has 1 aliphatic carbocycles. The highest BCUT2D eigenvalue weighted by Gasteiger charge is 2.36. The second-order valence-electron chi connectivity index (χ2n) is 6.13. The smallest absolute Gasteiger partial charge is 0.127 e. The van der Waals surface area contributed by atoms with Crippen molar-refractivity contribution in [3.63, 3.8) is 0 Å². The fraction of sp³-hybridized carbons (Fsp3) is 0.600. The van der Waals surface area contributed by atoms with E-state index in [1.807, 2.05) is 12.1 Å². The second-order valence-corrected chi connectivity index (χ2v) is 6.13. The molecule has 0 bridgehead atoms. The summed E-state index contributed by atoms with van der Waals surface area (Å²) in [5, 5.41) is 3.50. The number of rotatable bonds is 3. The minimum absolute atomic E-state index is 0.107. The molecule has 94 valence electrons. The summed E-state index contributed by atoms with van der Waals surface area (Å²) in [5.74, 6) is 0.571. The maximum absolute atomic E-state index is 13.5. The summed E-state index contributed by atoms with van der Waals surface area (Å²) in [6.07, 6.45) is 2.44. The number of benzene rings is 1.